The SMILES string of the molecule is C#CC[C@H](O)C=CCC. The number of allylic oxidation sites excluding steroid dienone is 1. The second kappa shape index (κ2) is 5.40. The lowest BCUT2D eigenvalue weighted by Gasteiger charge is -1.95. The lowest BCUT2D eigenvalue weighted by atomic mass is 10.2. The fourth-order valence-electron chi connectivity index (χ4n) is 0.482. The Bertz CT molecular complexity index is 119. The molecule has 0 amide bonds. The lowest BCUT2D eigenvalue weighted by Crippen LogP contribution is -1.98. The van der Waals surface area contributed by atoms with Crippen molar-refractivity contribution < 1.29 is 5.11 Å². The van der Waals surface area contributed by atoms with Crippen LogP contribution in [0.1, 0.15) is 19.8 Å². The van der Waals surface area contributed by atoms with Gasteiger partial charge in [-0.15, -0.1) is 12.3 Å². The molecule has 0 aliphatic heterocycles. The van der Waals surface area contributed by atoms with Gasteiger partial charge in [0.25, 0.3) is 0 Å². The summed E-state index contributed by atoms with van der Waals surface area (Å²) in [4.78, 5) is 0. The molecule has 0 rings (SSSR count). The number of aliphatic hydroxyl groups is 1. The first kappa shape index (κ1) is 8.26. The smallest absolute Gasteiger partial charge is 0.0830 e. The van der Waals surface area contributed by atoms with E-state index in [1.807, 2.05) is 13.0 Å². The van der Waals surface area contributed by atoms with Crippen LogP contribution in [-0.2, 0) is 0 Å². The maximum atomic E-state index is 8.95. The van der Waals surface area contributed by atoms with Gasteiger partial charge in [0.15, 0.2) is 0 Å². The Labute approximate surface area is 56.4 Å². The average molecular weight is 124 g/mol. The molecular weight excluding hydrogens is 112 g/mol. The molecule has 1 N–H and O–H groups in total. The van der Waals surface area contributed by atoms with Crippen molar-refractivity contribution in [3.05, 3.63) is 12.2 Å². The van der Waals surface area contributed by atoms with Gasteiger partial charge >= 0.3 is 0 Å². The van der Waals surface area contributed by atoms with Crippen molar-refractivity contribution in [3.8, 4) is 12.3 Å². The molecule has 0 spiro atoms. The molecule has 50 valence electrons. The van der Waals surface area contributed by atoms with Crippen molar-refractivity contribution in [1.29, 1.82) is 0 Å². The first-order valence-electron chi connectivity index (χ1n) is 3.09. The molecule has 0 aliphatic carbocycles. The summed E-state index contributed by atoms with van der Waals surface area (Å²) in [6.45, 7) is 2.01. The molecule has 0 saturated carbocycles. The molecular formula is C8H12O. The van der Waals surface area contributed by atoms with Crippen LogP contribution in [0.3, 0.4) is 0 Å². The highest BCUT2D eigenvalue weighted by Gasteiger charge is 1.91. The Morgan fingerprint density at radius 3 is 2.89 bits per heavy atom. The molecule has 0 aromatic carbocycles. The standard InChI is InChI=1S/C8H12O/c1-3-5-7-8(9)6-4-2/h2,5,7-9H,3,6H2,1H3/t8-/m0/s1. The highest BCUT2D eigenvalue weighted by atomic mass is 16.3. The third-order valence-electron chi connectivity index (χ3n) is 0.921. The summed E-state index contributed by atoms with van der Waals surface area (Å²) in [5.74, 6) is 2.38. The lowest BCUT2D eigenvalue weighted by molar-refractivity contribution is 0.229. The molecule has 0 fully saturated rings. The van der Waals surface area contributed by atoms with Gasteiger partial charge in [-0.25, -0.2) is 0 Å². The summed E-state index contributed by atoms with van der Waals surface area (Å²) in [7, 11) is 0. The molecule has 0 aliphatic rings. The predicted molar refractivity (Wildman–Crippen MR) is 38.9 cm³/mol. The van der Waals surface area contributed by atoms with Gasteiger partial charge in [-0.2, -0.15) is 0 Å². The Morgan fingerprint density at radius 1 is 1.78 bits per heavy atom. The molecule has 1 atom stereocenters. The molecule has 0 radical (unpaired) electrons. The molecule has 1 nitrogen and oxygen atoms in total. The van der Waals surface area contributed by atoms with Crippen LogP contribution in [0.25, 0.3) is 0 Å². The van der Waals surface area contributed by atoms with Gasteiger partial charge in [0.2, 0.25) is 0 Å². The third-order valence-corrected chi connectivity index (χ3v) is 0.921. The fraction of sp³-hybridized carbons (Fsp3) is 0.500. The normalized spacial score (nSPS) is 13.4. The van der Waals surface area contributed by atoms with Crippen molar-refractivity contribution in [2.75, 3.05) is 0 Å². The van der Waals surface area contributed by atoms with Crippen LogP contribution < -0.4 is 0 Å². The molecule has 0 bridgehead atoms. The molecule has 0 saturated heterocycles. The first-order chi connectivity index (χ1) is 4.31. The van der Waals surface area contributed by atoms with Gasteiger partial charge in [-0.05, 0) is 6.42 Å². The molecule has 0 heterocycles. The number of hydrogen-bond donors (Lipinski definition) is 1. The monoisotopic (exact) mass is 124 g/mol. The highest BCUT2D eigenvalue weighted by molar-refractivity contribution is 4.96. The minimum atomic E-state index is -0.449. The van der Waals surface area contributed by atoms with Crippen LogP contribution in [-0.4, -0.2) is 11.2 Å². The van der Waals surface area contributed by atoms with E-state index >= 15 is 0 Å². The summed E-state index contributed by atoms with van der Waals surface area (Å²) >= 11 is 0. The zero-order valence-corrected chi connectivity index (χ0v) is 5.67. The van der Waals surface area contributed by atoms with E-state index in [0.29, 0.717) is 6.42 Å². The summed E-state index contributed by atoms with van der Waals surface area (Å²) in [6, 6.07) is 0. The van der Waals surface area contributed by atoms with E-state index in [9.17, 15) is 0 Å². The van der Waals surface area contributed by atoms with Crippen molar-refractivity contribution in [1.82, 2.24) is 0 Å². The van der Waals surface area contributed by atoms with Gasteiger partial charge < -0.3 is 5.11 Å². The van der Waals surface area contributed by atoms with Gasteiger partial charge in [-0.1, -0.05) is 19.1 Å². The van der Waals surface area contributed by atoms with Crippen LogP contribution in [0.2, 0.25) is 0 Å². The van der Waals surface area contributed by atoms with Gasteiger partial charge in [-0.3, -0.25) is 0 Å². The van der Waals surface area contributed by atoms with E-state index in [2.05, 4.69) is 5.92 Å². The first-order valence-corrected chi connectivity index (χ1v) is 3.09. The molecule has 1 heteroatoms. The number of terminal acetylenes is 1. The number of aliphatic hydroxyl groups excluding tert-OH is 1. The van der Waals surface area contributed by atoms with E-state index in [4.69, 9.17) is 11.5 Å². The van der Waals surface area contributed by atoms with Crippen molar-refractivity contribution in [2.45, 2.75) is 25.9 Å². The summed E-state index contributed by atoms with van der Waals surface area (Å²) in [5.41, 5.74) is 0. The van der Waals surface area contributed by atoms with Crippen molar-refractivity contribution in [2.24, 2.45) is 0 Å². The van der Waals surface area contributed by atoms with Crippen molar-refractivity contribution in [3.63, 3.8) is 0 Å². The Kier molecular flexibility index (Phi) is 4.95. The summed E-state index contributed by atoms with van der Waals surface area (Å²) in [6.07, 6.45) is 9.49. The van der Waals surface area contributed by atoms with E-state index in [1.165, 1.54) is 0 Å². The van der Waals surface area contributed by atoms with E-state index in [-0.39, 0.29) is 0 Å². The highest BCUT2D eigenvalue weighted by Crippen LogP contribution is 1.92. The second-order valence-electron chi connectivity index (χ2n) is 1.81. The topological polar surface area (TPSA) is 20.2 Å². The average Bonchev–Trinajstić information content (AvgIpc) is 1.85. The van der Waals surface area contributed by atoms with Crippen LogP contribution >= 0.6 is 0 Å². The molecule has 0 unspecified atom stereocenters. The van der Waals surface area contributed by atoms with Gasteiger partial charge in [0, 0.05) is 6.42 Å². The molecule has 0 aromatic heterocycles. The Hall–Kier alpha value is -0.740. The molecule has 9 heavy (non-hydrogen) atoms. The Morgan fingerprint density at radius 2 is 2.44 bits per heavy atom. The van der Waals surface area contributed by atoms with E-state index in [1.54, 1.807) is 6.08 Å². The zero-order chi connectivity index (χ0) is 7.11. The third kappa shape index (κ3) is 5.13. The van der Waals surface area contributed by atoms with Gasteiger partial charge in [0.1, 0.15) is 0 Å². The largest absolute Gasteiger partial charge is 0.388 e. The maximum Gasteiger partial charge on any atom is 0.0830 e. The second-order valence-corrected chi connectivity index (χ2v) is 1.81. The summed E-state index contributed by atoms with van der Waals surface area (Å²) in [5, 5.41) is 8.95. The number of hydrogen-bond acceptors (Lipinski definition) is 1. The quantitative estimate of drug-likeness (QED) is 0.444. The van der Waals surface area contributed by atoms with E-state index < -0.39 is 6.10 Å². The van der Waals surface area contributed by atoms with Crippen LogP contribution in [0.4, 0.5) is 0 Å². The van der Waals surface area contributed by atoms with E-state index in [0.717, 1.165) is 6.42 Å². The Balaban J connectivity index is 3.39. The van der Waals surface area contributed by atoms with Crippen LogP contribution in [0, 0.1) is 12.3 Å². The predicted octanol–water partition coefficient (Wildman–Crippen LogP) is 1.34. The minimum absolute atomic E-state index is 0.413. The zero-order valence-electron chi connectivity index (χ0n) is 5.67. The van der Waals surface area contributed by atoms with Crippen LogP contribution in [0.15, 0.2) is 12.2 Å². The minimum Gasteiger partial charge on any atom is -0.388 e. The van der Waals surface area contributed by atoms with Crippen molar-refractivity contribution >= 4 is 0 Å². The van der Waals surface area contributed by atoms with Gasteiger partial charge in [0.05, 0.1) is 6.10 Å². The maximum absolute atomic E-state index is 8.95. The molecule has 0 aromatic rings. The van der Waals surface area contributed by atoms with Crippen LogP contribution in [0.5, 0.6) is 0 Å². The number of rotatable bonds is 3. The fourth-order valence-corrected chi connectivity index (χ4v) is 0.482. The summed E-state index contributed by atoms with van der Waals surface area (Å²) < 4.78 is 0.